The van der Waals surface area contributed by atoms with E-state index < -0.39 is 0 Å². The van der Waals surface area contributed by atoms with Crippen molar-refractivity contribution >= 4 is 0 Å². The van der Waals surface area contributed by atoms with Crippen LogP contribution < -0.4 is 5.32 Å². The summed E-state index contributed by atoms with van der Waals surface area (Å²) in [4.78, 5) is 2.46. The van der Waals surface area contributed by atoms with Gasteiger partial charge in [0.2, 0.25) is 0 Å². The molecular weight excluding hydrogens is 246 g/mol. The van der Waals surface area contributed by atoms with Gasteiger partial charge in [0.05, 0.1) is 6.07 Å². The Kier molecular flexibility index (Phi) is 4.05. The summed E-state index contributed by atoms with van der Waals surface area (Å²) >= 11 is 0. The van der Waals surface area contributed by atoms with Crippen molar-refractivity contribution in [2.45, 2.75) is 37.8 Å². The Bertz CT molecular complexity index is 465. The van der Waals surface area contributed by atoms with Gasteiger partial charge >= 0.3 is 0 Å². The van der Waals surface area contributed by atoms with Crippen molar-refractivity contribution < 1.29 is 0 Å². The number of nitrogens with one attached hydrogen (secondary N) is 1. The van der Waals surface area contributed by atoms with Gasteiger partial charge in [-0.3, -0.25) is 10.2 Å². The second-order valence-electron chi connectivity index (χ2n) is 6.28. The summed E-state index contributed by atoms with van der Waals surface area (Å²) in [5.74, 6) is 0.836. The van der Waals surface area contributed by atoms with Gasteiger partial charge in [0.1, 0.15) is 5.54 Å². The summed E-state index contributed by atoms with van der Waals surface area (Å²) in [7, 11) is 0. The zero-order valence-electron chi connectivity index (χ0n) is 12.0. The van der Waals surface area contributed by atoms with Crippen LogP contribution in [0.5, 0.6) is 0 Å². The van der Waals surface area contributed by atoms with E-state index >= 15 is 0 Å². The molecule has 1 saturated heterocycles. The standard InChI is InChI=1S/C17H23N3/c18-14-17(19-12-15-6-7-15)8-10-20(11-9-17)13-16-4-2-1-3-5-16/h1-5,15,19H,6-13H2. The van der Waals surface area contributed by atoms with E-state index in [1.807, 2.05) is 0 Å². The summed E-state index contributed by atoms with van der Waals surface area (Å²) < 4.78 is 0. The first-order valence-electron chi connectivity index (χ1n) is 7.72. The van der Waals surface area contributed by atoms with Crippen LogP contribution in [0.1, 0.15) is 31.2 Å². The lowest BCUT2D eigenvalue weighted by Gasteiger charge is -2.38. The molecule has 1 aliphatic heterocycles. The van der Waals surface area contributed by atoms with E-state index in [4.69, 9.17) is 0 Å². The van der Waals surface area contributed by atoms with Gasteiger partial charge in [-0.25, -0.2) is 0 Å². The SMILES string of the molecule is N#CC1(NCC2CC2)CCN(Cc2ccccc2)CC1. The van der Waals surface area contributed by atoms with E-state index in [9.17, 15) is 5.26 Å². The summed E-state index contributed by atoms with van der Waals surface area (Å²) in [6.45, 7) is 4.07. The third-order valence-corrected chi connectivity index (χ3v) is 4.60. The Labute approximate surface area is 121 Å². The normalized spacial score (nSPS) is 22.4. The highest BCUT2D eigenvalue weighted by Gasteiger charge is 2.35. The molecule has 3 rings (SSSR count). The third-order valence-electron chi connectivity index (χ3n) is 4.60. The molecule has 1 aromatic carbocycles. The molecule has 0 bridgehead atoms. The highest BCUT2D eigenvalue weighted by molar-refractivity contribution is 5.15. The van der Waals surface area contributed by atoms with Gasteiger partial charge in [0.25, 0.3) is 0 Å². The molecule has 3 nitrogen and oxygen atoms in total. The second-order valence-corrected chi connectivity index (χ2v) is 6.28. The fraction of sp³-hybridized carbons (Fsp3) is 0.588. The Morgan fingerprint density at radius 3 is 2.50 bits per heavy atom. The molecule has 0 radical (unpaired) electrons. The lowest BCUT2D eigenvalue weighted by Crippen LogP contribution is -2.52. The van der Waals surface area contributed by atoms with E-state index in [1.54, 1.807) is 0 Å². The fourth-order valence-electron chi connectivity index (χ4n) is 2.92. The molecule has 3 heteroatoms. The minimum Gasteiger partial charge on any atom is -0.299 e. The first-order valence-corrected chi connectivity index (χ1v) is 7.72. The van der Waals surface area contributed by atoms with Crippen molar-refractivity contribution in [2.75, 3.05) is 19.6 Å². The number of piperidine rings is 1. The number of hydrogen-bond donors (Lipinski definition) is 1. The van der Waals surface area contributed by atoms with Gasteiger partial charge in [-0.2, -0.15) is 5.26 Å². The second kappa shape index (κ2) is 5.95. The summed E-state index contributed by atoms with van der Waals surface area (Å²) in [6, 6.07) is 13.1. The maximum atomic E-state index is 9.52. The molecule has 0 atom stereocenters. The zero-order valence-corrected chi connectivity index (χ0v) is 12.0. The van der Waals surface area contributed by atoms with Crippen LogP contribution in [0.25, 0.3) is 0 Å². The van der Waals surface area contributed by atoms with Crippen molar-refractivity contribution in [1.82, 2.24) is 10.2 Å². The number of rotatable bonds is 5. The van der Waals surface area contributed by atoms with Crippen molar-refractivity contribution in [1.29, 1.82) is 5.26 Å². The quantitative estimate of drug-likeness (QED) is 0.893. The molecule has 1 saturated carbocycles. The van der Waals surface area contributed by atoms with Gasteiger partial charge in [-0.1, -0.05) is 30.3 Å². The van der Waals surface area contributed by atoms with Gasteiger partial charge in [-0.05, 0) is 43.7 Å². The molecule has 0 amide bonds. The van der Waals surface area contributed by atoms with Gasteiger partial charge in [-0.15, -0.1) is 0 Å². The van der Waals surface area contributed by atoms with Gasteiger partial charge in [0, 0.05) is 19.6 Å². The third kappa shape index (κ3) is 3.39. The number of benzene rings is 1. The molecule has 106 valence electrons. The van der Waals surface area contributed by atoms with Crippen LogP contribution in [0.2, 0.25) is 0 Å². The van der Waals surface area contributed by atoms with E-state index in [0.717, 1.165) is 44.9 Å². The van der Waals surface area contributed by atoms with E-state index in [0.29, 0.717) is 0 Å². The number of nitriles is 1. The molecule has 0 aromatic heterocycles. The van der Waals surface area contributed by atoms with Crippen molar-refractivity contribution in [2.24, 2.45) is 5.92 Å². The van der Waals surface area contributed by atoms with Crippen LogP contribution in [0.3, 0.4) is 0 Å². The lowest BCUT2D eigenvalue weighted by molar-refractivity contribution is 0.159. The van der Waals surface area contributed by atoms with Crippen LogP contribution >= 0.6 is 0 Å². The van der Waals surface area contributed by atoms with Crippen LogP contribution in [-0.2, 0) is 6.54 Å². The average Bonchev–Trinajstić information content (AvgIpc) is 3.32. The highest BCUT2D eigenvalue weighted by Crippen LogP contribution is 2.30. The zero-order chi connectivity index (χ0) is 13.8. The van der Waals surface area contributed by atoms with Crippen molar-refractivity contribution in [3.05, 3.63) is 35.9 Å². The monoisotopic (exact) mass is 269 g/mol. The Hall–Kier alpha value is -1.37. The topological polar surface area (TPSA) is 39.1 Å². The highest BCUT2D eigenvalue weighted by atomic mass is 15.2. The molecule has 0 unspecified atom stereocenters. The first-order chi connectivity index (χ1) is 9.80. The minimum absolute atomic E-state index is 0.268. The Morgan fingerprint density at radius 2 is 1.90 bits per heavy atom. The van der Waals surface area contributed by atoms with Crippen LogP contribution in [0.4, 0.5) is 0 Å². The molecule has 1 N–H and O–H groups in total. The number of likely N-dealkylation sites (tertiary alicyclic amines) is 1. The predicted molar refractivity (Wildman–Crippen MR) is 80.0 cm³/mol. The van der Waals surface area contributed by atoms with Crippen molar-refractivity contribution in [3.63, 3.8) is 0 Å². The van der Waals surface area contributed by atoms with E-state index in [2.05, 4.69) is 46.6 Å². The molecule has 1 aliphatic carbocycles. The molecule has 2 fully saturated rings. The summed E-state index contributed by atoms with van der Waals surface area (Å²) in [5, 5.41) is 13.1. The molecule has 1 aromatic rings. The minimum atomic E-state index is -0.268. The number of nitrogens with zero attached hydrogens (tertiary/aromatic N) is 2. The average molecular weight is 269 g/mol. The molecule has 0 spiro atoms. The lowest BCUT2D eigenvalue weighted by atomic mass is 9.88. The summed E-state index contributed by atoms with van der Waals surface area (Å²) in [6.07, 6.45) is 4.58. The largest absolute Gasteiger partial charge is 0.299 e. The molecule has 2 aliphatic rings. The summed E-state index contributed by atoms with van der Waals surface area (Å²) in [5.41, 5.74) is 1.10. The van der Waals surface area contributed by atoms with Crippen LogP contribution in [-0.4, -0.2) is 30.1 Å². The van der Waals surface area contributed by atoms with Crippen LogP contribution in [0, 0.1) is 17.2 Å². The van der Waals surface area contributed by atoms with Gasteiger partial charge < -0.3 is 0 Å². The Morgan fingerprint density at radius 1 is 1.20 bits per heavy atom. The van der Waals surface area contributed by atoms with E-state index in [1.165, 1.54) is 18.4 Å². The molecule has 20 heavy (non-hydrogen) atoms. The first kappa shape index (κ1) is 13.6. The van der Waals surface area contributed by atoms with Crippen molar-refractivity contribution in [3.8, 4) is 6.07 Å². The molecule has 1 heterocycles. The predicted octanol–water partition coefficient (Wildman–Crippen LogP) is 2.54. The smallest absolute Gasteiger partial charge is 0.109 e. The maximum absolute atomic E-state index is 9.52. The van der Waals surface area contributed by atoms with Gasteiger partial charge in [0.15, 0.2) is 0 Å². The number of hydrogen-bond acceptors (Lipinski definition) is 3. The van der Waals surface area contributed by atoms with E-state index in [-0.39, 0.29) is 5.54 Å². The maximum Gasteiger partial charge on any atom is 0.109 e. The Balaban J connectivity index is 1.51. The van der Waals surface area contributed by atoms with Crippen LogP contribution in [0.15, 0.2) is 30.3 Å². The fourth-order valence-corrected chi connectivity index (χ4v) is 2.92. The molecular formula is C17H23N3.